The molecular weight excluding hydrogens is 259 g/mol. The fraction of sp³-hybridized carbons (Fsp3) is 0.417. The summed E-state index contributed by atoms with van der Waals surface area (Å²) in [6.45, 7) is 3.34. The van der Waals surface area contributed by atoms with Gasteiger partial charge in [0.2, 0.25) is 5.91 Å². The Morgan fingerprint density at radius 2 is 2.06 bits per heavy atom. The molecule has 0 aliphatic heterocycles. The molecule has 1 rings (SSSR count). The lowest BCUT2D eigenvalue weighted by molar-refractivity contribution is -0.122. The van der Waals surface area contributed by atoms with Crippen LogP contribution >= 0.6 is 12.4 Å². The van der Waals surface area contributed by atoms with E-state index in [1.54, 1.807) is 13.8 Å². The quantitative estimate of drug-likeness (QED) is 0.881. The van der Waals surface area contributed by atoms with Gasteiger partial charge in [-0.05, 0) is 32.0 Å². The standard InChI is InChI=1S/C12H17FN2O2.ClH/c1-7(14)12(16)15-8(2)10-6-9(13)4-5-11(10)17-3;/h4-8H,14H2,1-3H3,(H,15,16);1H/t7-,8?;/m0./s1. The third kappa shape index (κ3) is 4.16. The fourth-order valence-corrected chi connectivity index (χ4v) is 1.47. The monoisotopic (exact) mass is 276 g/mol. The summed E-state index contributed by atoms with van der Waals surface area (Å²) < 4.78 is 18.3. The van der Waals surface area contributed by atoms with Crippen molar-refractivity contribution >= 4 is 18.3 Å². The van der Waals surface area contributed by atoms with E-state index in [2.05, 4.69) is 5.32 Å². The molecule has 3 N–H and O–H groups in total. The van der Waals surface area contributed by atoms with Crippen molar-refractivity contribution in [2.75, 3.05) is 7.11 Å². The van der Waals surface area contributed by atoms with Crippen molar-refractivity contribution in [3.63, 3.8) is 0 Å². The summed E-state index contributed by atoms with van der Waals surface area (Å²) in [6.07, 6.45) is 0. The zero-order valence-electron chi connectivity index (χ0n) is 10.6. The van der Waals surface area contributed by atoms with E-state index in [1.807, 2.05) is 0 Å². The van der Waals surface area contributed by atoms with Crippen molar-refractivity contribution < 1.29 is 13.9 Å². The molecular formula is C12H18ClFN2O2. The number of hydrogen-bond acceptors (Lipinski definition) is 3. The van der Waals surface area contributed by atoms with Gasteiger partial charge >= 0.3 is 0 Å². The average Bonchev–Trinajstić information content (AvgIpc) is 2.28. The van der Waals surface area contributed by atoms with E-state index in [1.165, 1.54) is 25.3 Å². The molecule has 0 saturated carbocycles. The number of ether oxygens (including phenoxy) is 1. The van der Waals surface area contributed by atoms with Crippen molar-refractivity contribution in [1.82, 2.24) is 5.32 Å². The second-order valence-electron chi connectivity index (χ2n) is 3.91. The lowest BCUT2D eigenvalue weighted by atomic mass is 10.1. The van der Waals surface area contributed by atoms with E-state index in [4.69, 9.17) is 10.5 Å². The van der Waals surface area contributed by atoms with Crippen LogP contribution in [0.5, 0.6) is 5.75 Å². The van der Waals surface area contributed by atoms with Crippen LogP contribution in [-0.4, -0.2) is 19.1 Å². The number of halogens is 2. The molecule has 4 nitrogen and oxygen atoms in total. The Kier molecular flexibility index (Phi) is 6.65. The number of benzene rings is 1. The molecule has 0 aliphatic carbocycles. The minimum Gasteiger partial charge on any atom is -0.496 e. The van der Waals surface area contributed by atoms with E-state index in [-0.39, 0.29) is 30.2 Å². The average molecular weight is 277 g/mol. The number of hydrogen-bond donors (Lipinski definition) is 2. The molecule has 2 atom stereocenters. The summed E-state index contributed by atoms with van der Waals surface area (Å²) in [7, 11) is 1.50. The highest BCUT2D eigenvalue weighted by atomic mass is 35.5. The van der Waals surface area contributed by atoms with Crippen molar-refractivity contribution in [1.29, 1.82) is 0 Å². The Labute approximate surface area is 112 Å². The van der Waals surface area contributed by atoms with Crippen LogP contribution in [0.25, 0.3) is 0 Å². The van der Waals surface area contributed by atoms with Gasteiger partial charge in [0.1, 0.15) is 11.6 Å². The van der Waals surface area contributed by atoms with Gasteiger partial charge in [-0.15, -0.1) is 12.4 Å². The molecule has 1 unspecified atom stereocenters. The van der Waals surface area contributed by atoms with Crippen LogP contribution in [0, 0.1) is 5.82 Å². The minimum absolute atomic E-state index is 0. The lowest BCUT2D eigenvalue weighted by Crippen LogP contribution is -2.39. The molecule has 1 aromatic carbocycles. The SMILES string of the molecule is COc1ccc(F)cc1C(C)NC(=O)[C@H](C)N.Cl. The molecule has 0 spiro atoms. The molecule has 0 fully saturated rings. The highest BCUT2D eigenvalue weighted by Gasteiger charge is 2.16. The second-order valence-corrected chi connectivity index (χ2v) is 3.91. The third-order valence-electron chi connectivity index (χ3n) is 2.43. The van der Waals surface area contributed by atoms with Crippen molar-refractivity contribution in [3.8, 4) is 5.75 Å². The molecule has 1 amide bonds. The second kappa shape index (κ2) is 7.18. The van der Waals surface area contributed by atoms with E-state index < -0.39 is 6.04 Å². The fourth-order valence-electron chi connectivity index (χ4n) is 1.47. The van der Waals surface area contributed by atoms with Crippen LogP contribution in [-0.2, 0) is 4.79 Å². The molecule has 1 aromatic rings. The molecule has 0 aromatic heterocycles. The van der Waals surface area contributed by atoms with Crippen LogP contribution in [0.15, 0.2) is 18.2 Å². The minimum atomic E-state index is -0.600. The summed E-state index contributed by atoms with van der Waals surface area (Å²) in [5.41, 5.74) is 6.03. The lowest BCUT2D eigenvalue weighted by Gasteiger charge is -2.18. The number of nitrogens with one attached hydrogen (secondary N) is 1. The van der Waals surface area contributed by atoms with E-state index in [0.29, 0.717) is 11.3 Å². The predicted octanol–water partition coefficient (Wildman–Crippen LogP) is 1.78. The predicted molar refractivity (Wildman–Crippen MR) is 70.4 cm³/mol. The van der Waals surface area contributed by atoms with Crippen molar-refractivity contribution in [2.45, 2.75) is 25.9 Å². The molecule has 6 heteroatoms. The maximum absolute atomic E-state index is 13.1. The summed E-state index contributed by atoms with van der Waals surface area (Å²) in [5.74, 6) is -0.129. The molecule has 0 radical (unpaired) electrons. The summed E-state index contributed by atoms with van der Waals surface area (Å²) in [6, 6.07) is 3.21. The number of nitrogens with two attached hydrogens (primary N) is 1. The normalized spacial score (nSPS) is 13.2. The first kappa shape index (κ1) is 16.7. The number of rotatable bonds is 4. The van der Waals surface area contributed by atoms with Crippen LogP contribution in [0.3, 0.4) is 0 Å². The molecule has 0 aliphatic rings. The molecule has 18 heavy (non-hydrogen) atoms. The molecule has 0 bridgehead atoms. The number of carbonyl (C=O) groups is 1. The van der Waals surface area contributed by atoms with Gasteiger partial charge in [-0.2, -0.15) is 0 Å². The van der Waals surface area contributed by atoms with Gasteiger partial charge in [-0.3, -0.25) is 4.79 Å². The van der Waals surface area contributed by atoms with Crippen LogP contribution in [0.1, 0.15) is 25.5 Å². The smallest absolute Gasteiger partial charge is 0.237 e. The van der Waals surface area contributed by atoms with Crippen molar-refractivity contribution in [2.24, 2.45) is 5.73 Å². The number of carbonyl (C=O) groups excluding carboxylic acids is 1. The van der Waals surface area contributed by atoms with E-state index in [0.717, 1.165) is 0 Å². The van der Waals surface area contributed by atoms with Gasteiger partial charge in [0.05, 0.1) is 19.2 Å². The van der Waals surface area contributed by atoms with Gasteiger partial charge in [0.15, 0.2) is 0 Å². The third-order valence-corrected chi connectivity index (χ3v) is 2.43. The Morgan fingerprint density at radius 1 is 1.44 bits per heavy atom. The summed E-state index contributed by atoms with van der Waals surface area (Å²) in [5, 5.41) is 2.69. The van der Waals surface area contributed by atoms with Crippen LogP contribution in [0.4, 0.5) is 4.39 Å². The Balaban J connectivity index is 0.00000289. The topological polar surface area (TPSA) is 64.3 Å². The first-order valence-corrected chi connectivity index (χ1v) is 5.35. The summed E-state index contributed by atoms with van der Waals surface area (Å²) >= 11 is 0. The molecule has 0 saturated heterocycles. The van der Waals surface area contributed by atoms with Gasteiger partial charge in [-0.1, -0.05) is 0 Å². The Hall–Kier alpha value is -1.33. The first-order valence-electron chi connectivity index (χ1n) is 5.35. The van der Waals surface area contributed by atoms with Gasteiger partial charge in [0, 0.05) is 5.56 Å². The van der Waals surface area contributed by atoms with Crippen LogP contribution < -0.4 is 15.8 Å². The molecule has 0 heterocycles. The van der Waals surface area contributed by atoms with Gasteiger partial charge in [-0.25, -0.2) is 4.39 Å². The van der Waals surface area contributed by atoms with Gasteiger partial charge in [0.25, 0.3) is 0 Å². The Bertz CT molecular complexity index is 413. The zero-order chi connectivity index (χ0) is 13.0. The molecule has 102 valence electrons. The Morgan fingerprint density at radius 3 is 2.56 bits per heavy atom. The van der Waals surface area contributed by atoms with Gasteiger partial charge < -0.3 is 15.8 Å². The highest BCUT2D eigenvalue weighted by molar-refractivity contribution is 5.85. The number of methoxy groups -OCH3 is 1. The van der Waals surface area contributed by atoms with Crippen LogP contribution in [0.2, 0.25) is 0 Å². The largest absolute Gasteiger partial charge is 0.496 e. The summed E-state index contributed by atoms with van der Waals surface area (Å²) in [4.78, 5) is 11.4. The van der Waals surface area contributed by atoms with Crippen molar-refractivity contribution in [3.05, 3.63) is 29.6 Å². The van der Waals surface area contributed by atoms with E-state index in [9.17, 15) is 9.18 Å². The maximum atomic E-state index is 13.1. The number of amides is 1. The zero-order valence-corrected chi connectivity index (χ0v) is 11.4. The first-order chi connectivity index (χ1) is 7.95. The maximum Gasteiger partial charge on any atom is 0.237 e. The van der Waals surface area contributed by atoms with E-state index >= 15 is 0 Å². The highest BCUT2D eigenvalue weighted by Crippen LogP contribution is 2.25.